The molecule has 2 aromatic carbocycles. The van der Waals surface area contributed by atoms with E-state index in [9.17, 15) is 14.9 Å². The van der Waals surface area contributed by atoms with Crippen LogP contribution >= 0.6 is 34.5 Å². The number of carbonyl (C=O) groups is 1. The number of benzene rings is 2. The standard InChI is InChI=1S/C24H17Cl2N3O3S/c1-2-32-24(31)20-19(14-8-4-6-10-17(14)26)15(12-27)21(28)29-22(30)18(33-23(20)29)11-13-7-3-5-9-16(13)25/h3-11,19H,2,28H2,1H3/t19-/m0/s1. The van der Waals surface area contributed by atoms with E-state index in [1.54, 1.807) is 61.5 Å². The van der Waals surface area contributed by atoms with Crippen molar-refractivity contribution in [1.82, 2.24) is 4.57 Å². The first kappa shape index (κ1) is 22.9. The Morgan fingerprint density at radius 1 is 1.21 bits per heavy atom. The van der Waals surface area contributed by atoms with E-state index in [1.807, 2.05) is 0 Å². The summed E-state index contributed by atoms with van der Waals surface area (Å²) < 4.78 is 7.09. The number of hydrogen-bond acceptors (Lipinski definition) is 6. The van der Waals surface area contributed by atoms with Crippen LogP contribution in [0.15, 0.2) is 58.9 Å². The van der Waals surface area contributed by atoms with Gasteiger partial charge in [0.25, 0.3) is 5.56 Å². The van der Waals surface area contributed by atoms with Crippen molar-refractivity contribution in [2.75, 3.05) is 6.61 Å². The second kappa shape index (κ2) is 9.28. The van der Waals surface area contributed by atoms with Gasteiger partial charge < -0.3 is 10.5 Å². The fourth-order valence-corrected chi connectivity index (χ4v) is 5.30. The number of nitrogens with zero attached hydrogens (tertiary/aromatic N) is 2. The molecule has 0 bridgehead atoms. The third kappa shape index (κ3) is 3.98. The molecular formula is C24H17Cl2N3O3S. The van der Waals surface area contributed by atoms with Crippen LogP contribution in [0.2, 0.25) is 10.0 Å². The van der Waals surface area contributed by atoms with Crippen molar-refractivity contribution in [3.05, 3.63) is 94.8 Å². The Kier molecular flexibility index (Phi) is 6.43. The van der Waals surface area contributed by atoms with E-state index in [0.29, 0.717) is 25.7 Å². The first-order valence-corrected chi connectivity index (χ1v) is 11.5. The molecule has 166 valence electrons. The highest BCUT2D eigenvalue weighted by Gasteiger charge is 2.37. The SMILES string of the molecule is CCOC(=O)C1=c2sc(=Cc3ccccc3Cl)c(=O)n2C(N)=C(C#N)[C@@H]1c1ccccc1Cl. The average Bonchev–Trinajstić information content (AvgIpc) is 3.11. The number of aromatic nitrogens is 1. The van der Waals surface area contributed by atoms with Crippen molar-refractivity contribution in [3.8, 4) is 6.07 Å². The van der Waals surface area contributed by atoms with Crippen LogP contribution in [0.25, 0.3) is 17.5 Å². The first-order valence-electron chi connectivity index (χ1n) is 9.93. The molecule has 1 aliphatic rings. The van der Waals surface area contributed by atoms with Gasteiger partial charge in [-0.1, -0.05) is 59.6 Å². The summed E-state index contributed by atoms with van der Waals surface area (Å²) in [4.78, 5) is 26.5. The quantitative estimate of drug-likeness (QED) is 0.558. The maximum Gasteiger partial charge on any atom is 0.338 e. The highest BCUT2D eigenvalue weighted by molar-refractivity contribution is 7.07. The number of hydrogen-bond donors (Lipinski definition) is 1. The fourth-order valence-electron chi connectivity index (χ4n) is 3.71. The third-order valence-corrected chi connectivity index (χ3v) is 6.97. The van der Waals surface area contributed by atoms with Gasteiger partial charge in [-0.3, -0.25) is 9.36 Å². The molecule has 0 aliphatic carbocycles. The second-order valence-corrected chi connectivity index (χ2v) is 8.92. The van der Waals surface area contributed by atoms with Gasteiger partial charge in [-0.25, -0.2) is 4.79 Å². The summed E-state index contributed by atoms with van der Waals surface area (Å²) >= 11 is 13.8. The number of rotatable bonds is 4. The number of ether oxygens (including phenoxy) is 1. The minimum Gasteiger partial charge on any atom is -0.463 e. The molecule has 1 aromatic heterocycles. The van der Waals surface area contributed by atoms with Crippen LogP contribution in [0.5, 0.6) is 0 Å². The Labute approximate surface area is 203 Å². The molecule has 0 saturated carbocycles. The Morgan fingerprint density at radius 2 is 1.88 bits per heavy atom. The Bertz CT molecular complexity index is 1530. The van der Waals surface area contributed by atoms with Crippen LogP contribution < -0.4 is 20.5 Å². The van der Waals surface area contributed by atoms with E-state index >= 15 is 0 Å². The highest BCUT2D eigenvalue weighted by atomic mass is 35.5. The van der Waals surface area contributed by atoms with Gasteiger partial charge in [0.15, 0.2) is 0 Å². The zero-order chi connectivity index (χ0) is 23.7. The number of thiazole rings is 1. The summed E-state index contributed by atoms with van der Waals surface area (Å²) in [5.41, 5.74) is 7.21. The molecule has 3 aromatic rings. The van der Waals surface area contributed by atoms with Gasteiger partial charge in [0.1, 0.15) is 10.5 Å². The predicted molar refractivity (Wildman–Crippen MR) is 130 cm³/mol. The van der Waals surface area contributed by atoms with Crippen molar-refractivity contribution in [1.29, 1.82) is 5.26 Å². The van der Waals surface area contributed by atoms with Crippen molar-refractivity contribution in [2.24, 2.45) is 5.73 Å². The number of nitriles is 1. The molecule has 33 heavy (non-hydrogen) atoms. The third-order valence-electron chi connectivity index (χ3n) is 5.17. The largest absolute Gasteiger partial charge is 0.463 e. The van der Waals surface area contributed by atoms with Crippen LogP contribution in [0.3, 0.4) is 0 Å². The van der Waals surface area contributed by atoms with Crippen LogP contribution in [-0.4, -0.2) is 17.1 Å². The Morgan fingerprint density at radius 3 is 2.52 bits per heavy atom. The Balaban J connectivity index is 2.14. The number of fused-ring (bicyclic) bond motifs is 1. The molecule has 2 N–H and O–H groups in total. The van der Waals surface area contributed by atoms with E-state index < -0.39 is 17.4 Å². The summed E-state index contributed by atoms with van der Waals surface area (Å²) in [7, 11) is 0. The zero-order valence-corrected chi connectivity index (χ0v) is 19.7. The van der Waals surface area contributed by atoms with Gasteiger partial charge in [-0.2, -0.15) is 5.26 Å². The van der Waals surface area contributed by atoms with E-state index in [4.69, 9.17) is 33.7 Å². The van der Waals surface area contributed by atoms with E-state index in [-0.39, 0.29) is 28.2 Å². The molecule has 0 saturated heterocycles. The van der Waals surface area contributed by atoms with Crippen LogP contribution in [0.1, 0.15) is 24.0 Å². The molecule has 0 radical (unpaired) electrons. The lowest BCUT2D eigenvalue weighted by atomic mass is 9.84. The maximum atomic E-state index is 13.3. The lowest BCUT2D eigenvalue weighted by Crippen LogP contribution is -2.40. The minimum absolute atomic E-state index is 0.0443. The van der Waals surface area contributed by atoms with Gasteiger partial charge >= 0.3 is 5.97 Å². The molecule has 2 heterocycles. The molecule has 4 rings (SSSR count). The van der Waals surface area contributed by atoms with Gasteiger partial charge in [-0.05, 0) is 36.3 Å². The summed E-state index contributed by atoms with van der Waals surface area (Å²) in [6.07, 6.45) is 1.63. The van der Waals surface area contributed by atoms with E-state index in [2.05, 4.69) is 6.07 Å². The normalized spacial score (nSPS) is 15.9. The van der Waals surface area contributed by atoms with Crippen molar-refractivity contribution in [3.63, 3.8) is 0 Å². The minimum atomic E-state index is -0.881. The van der Waals surface area contributed by atoms with E-state index in [1.165, 1.54) is 4.57 Å². The number of allylic oxidation sites excluding steroid dienone is 1. The van der Waals surface area contributed by atoms with Gasteiger partial charge in [0.2, 0.25) is 0 Å². The monoisotopic (exact) mass is 497 g/mol. The summed E-state index contributed by atoms with van der Waals surface area (Å²) in [5.74, 6) is -1.58. The number of halogens is 2. The number of nitrogens with two attached hydrogens (primary N) is 1. The van der Waals surface area contributed by atoms with Crippen molar-refractivity contribution < 1.29 is 9.53 Å². The smallest absolute Gasteiger partial charge is 0.338 e. The first-order chi connectivity index (χ1) is 15.9. The van der Waals surface area contributed by atoms with Gasteiger partial charge in [0, 0.05) is 10.0 Å². The topological polar surface area (TPSA) is 98.1 Å². The molecule has 0 unspecified atom stereocenters. The molecule has 9 heteroatoms. The summed E-state index contributed by atoms with van der Waals surface area (Å²) in [6, 6.07) is 16.0. The predicted octanol–water partition coefficient (Wildman–Crippen LogP) is 3.21. The number of carbonyl (C=O) groups excluding carboxylic acids is 1. The number of esters is 1. The average molecular weight is 498 g/mol. The molecule has 0 spiro atoms. The van der Waals surface area contributed by atoms with Crippen LogP contribution in [0.4, 0.5) is 0 Å². The maximum absolute atomic E-state index is 13.3. The Hall–Kier alpha value is -3.31. The van der Waals surface area contributed by atoms with Crippen molar-refractivity contribution in [2.45, 2.75) is 12.8 Å². The molecule has 1 aliphatic heterocycles. The van der Waals surface area contributed by atoms with Crippen LogP contribution in [-0.2, 0) is 9.53 Å². The van der Waals surface area contributed by atoms with Gasteiger partial charge in [-0.15, -0.1) is 11.3 Å². The summed E-state index contributed by atoms with van der Waals surface area (Å²) in [5, 5.41) is 10.8. The molecule has 6 nitrogen and oxygen atoms in total. The van der Waals surface area contributed by atoms with Crippen molar-refractivity contribution >= 4 is 58.0 Å². The summed E-state index contributed by atoms with van der Waals surface area (Å²) in [6.45, 7) is 1.80. The van der Waals surface area contributed by atoms with Gasteiger partial charge in [0.05, 0.1) is 34.3 Å². The zero-order valence-electron chi connectivity index (χ0n) is 17.3. The van der Waals surface area contributed by atoms with Crippen LogP contribution in [0, 0.1) is 11.3 Å². The van der Waals surface area contributed by atoms with E-state index in [0.717, 1.165) is 11.3 Å². The highest BCUT2D eigenvalue weighted by Crippen LogP contribution is 2.39. The molecular weight excluding hydrogens is 481 g/mol. The lowest BCUT2D eigenvalue weighted by Gasteiger charge is -2.25. The molecule has 0 fully saturated rings. The molecule has 1 atom stereocenters. The fraction of sp³-hybridized carbons (Fsp3) is 0.125. The lowest BCUT2D eigenvalue weighted by molar-refractivity contribution is -0.136. The molecule has 0 amide bonds. The second-order valence-electron chi connectivity index (χ2n) is 7.08.